The summed E-state index contributed by atoms with van der Waals surface area (Å²) in [6.07, 6.45) is 1.58. The molecule has 0 radical (unpaired) electrons. The summed E-state index contributed by atoms with van der Waals surface area (Å²) < 4.78 is 5.04. The Morgan fingerprint density at radius 1 is 1.43 bits per heavy atom. The van der Waals surface area contributed by atoms with Crippen molar-refractivity contribution in [3.8, 4) is 5.88 Å². The molecule has 0 N–H and O–H groups in total. The van der Waals surface area contributed by atoms with Gasteiger partial charge in [-0.3, -0.25) is 10.1 Å². The van der Waals surface area contributed by atoms with E-state index in [1.165, 1.54) is 25.3 Å². The van der Waals surface area contributed by atoms with Gasteiger partial charge in [-0.15, -0.1) is 0 Å². The number of hydrogen-bond acceptors (Lipinski definition) is 6. The molecular formula is C13H13ClN4O3. The fourth-order valence-electron chi connectivity index (χ4n) is 1.75. The fraction of sp³-hybridized carbons (Fsp3) is 0.231. The van der Waals surface area contributed by atoms with Gasteiger partial charge in [0.05, 0.1) is 12.0 Å². The van der Waals surface area contributed by atoms with E-state index in [0.29, 0.717) is 29.0 Å². The van der Waals surface area contributed by atoms with Crippen molar-refractivity contribution in [3.05, 3.63) is 51.2 Å². The summed E-state index contributed by atoms with van der Waals surface area (Å²) in [4.78, 5) is 20.4. The molecule has 21 heavy (non-hydrogen) atoms. The van der Waals surface area contributed by atoms with Crippen molar-refractivity contribution in [2.75, 3.05) is 19.1 Å². The lowest BCUT2D eigenvalue weighted by Gasteiger charge is -2.17. The van der Waals surface area contributed by atoms with E-state index in [1.807, 2.05) is 0 Å². The number of nitro groups is 1. The van der Waals surface area contributed by atoms with Crippen LogP contribution >= 0.6 is 11.6 Å². The maximum Gasteiger partial charge on any atom is 0.269 e. The lowest BCUT2D eigenvalue weighted by atomic mass is 10.2. The minimum absolute atomic E-state index is 0.00522. The Kier molecular flexibility index (Phi) is 4.54. The second kappa shape index (κ2) is 6.36. The molecule has 0 aliphatic carbocycles. The number of anilines is 1. The number of methoxy groups -OCH3 is 1. The van der Waals surface area contributed by atoms with Crippen LogP contribution in [0.3, 0.4) is 0 Å². The molecule has 0 aliphatic heterocycles. The van der Waals surface area contributed by atoms with Gasteiger partial charge < -0.3 is 9.64 Å². The van der Waals surface area contributed by atoms with E-state index in [2.05, 4.69) is 9.97 Å². The van der Waals surface area contributed by atoms with Gasteiger partial charge in [0, 0.05) is 43.0 Å². The molecule has 8 heteroatoms. The molecule has 0 unspecified atom stereocenters. The number of rotatable bonds is 5. The van der Waals surface area contributed by atoms with Crippen LogP contribution < -0.4 is 9.64 Å². The van der Waals surface area contributed by atoms with Crippen LogP contribution in [0.2, 0.25) is 5.02 Å². The van der Waals surface area contributed by atoms with Gasteiger partial charge in [0.1, 0.15) is 0 Å². The molecule has 7 nitrogen and oxygen atoms in total. The van der Waals surface area contributed by atoms with Crippen molar-refractivity contribution in [2.45, 2.75) is 6.54 Å². The molecule has 0 aliphatic rings. The number of hydrogen-bond donors (Lipinski definition) is 0. The summed E-state index contributed by atoms with van der Waals surface area (Å²) in [5.74, 6) is 0.883. The first-order valence-corrected chi connectivity index (χ1v) is 6.40. The summed E-state index contributed by atoms with van der Waals surface area (Å²) in [5.41, 5.74) is 0.620. The Labute approximate surface area is 126 Å². The van der Waals surface area contributed by atoms with Crippen molar-refractivity contribution in [1.82, 2.24) is 9.97 Å². The van der Waals surface area contributed by atoms with Crippen molar-refractivity contribution in [1.29, 1.82) is 0 Å². The number of aromatic nitrogens is 2. The van der Waals surface area contributed by atoms with Crippen LogP contribution in [0.5, 0.6) is 5.88 Å². The van der Waals surface area contributed by atoms with Gasteiger partial charge in [-0.05, 0) is 11.6 Å². The summed E-state index contributed by atoms with van der Waals surface area (Å²) in [6, 6.07) is 5.96. The first-order valence-electron chi connectivity index (χ1n) is 6.02. The normalized spacial score (nSPS) is 10.2. The number of benzene rings is 1. The Morgan fingerprint density at radius 3 is 2.86 bits per heavy atom. The minimum Gasteiger partial charge on any atom is -0.481 e. The molecular weight excluding hydrogens is 296 g/mol. The Bertz CT molecular complexity index is 666. The van der Waals surface area contributed by atoms with E-state index in [1.54, 1.807) is 24.2 Å². The van der Waals surface area contributed by atoms with Crippen molar-refractivity contribution < 1.29 is 9.66 Å². The topological polar surface area (TPSA) is 81.4 Å². The maximum atomic E-state index is 10.8. The van der Waals surface area contributed by atoms with E-state index >= 15 is 0 Å². The average Bonchev–Trinajstić information content (AvgIpc) is 2.49. The quantitative estimate of drug-likeness (QED) is 0.624. The van der Waals surface area contributed by atoms with Crippen LogP contribution in [0.4, 0.5) is 11.6 Å². The summed E-state index contributed by atoms with van der Waals surface area (Å²) in [6.45, 7) is 0.341. The molecule has 0 amide bonds. The smallest absolute Gasteiger partial charge is 0.269 e. The molecule has 0 spiro atoms. The number of nitro benzene ring substituents is 1. The molecule has 0 bridgehead atoms. The zero-order chi connectivity index (χ0) is 15.4. The predicted molar refractivity (Wildman–Crippen MR) is 78.8 cm³/mol. The highest BCUT2D eigenvalue weighted by atomic mass is 35.5. The first-order chi connectivity index (χ1) is 10.0. The standard InChI is InChI=1S/C13H13ClN4O3/c1-17(13-15-6-5-12(16-13)21-2)8-9-7-10(18(19)20)3-4-11(9)14/h3-7H,8H2,1-2H3. The largest absolute Gasteiger partial charge is 0.481 e. The van der Waals surface area contributed by atoms with Crippen LogP contribution in [0.25, 0.3) is 0 Å². The molecule has 0 saturated heterocycles. The molecule has 2 aromatic rings. The van der Waals surface area contributed by atoms with Crippen LogP contribution in [0, 0.1) is 10.1 Å². The van der Waals surface area contributed by atoms with Gasteiger partial charge in [-0.1, -0.05) is 11.6 Å². The molecule has 0 saturated carbocycles. The highest BCUT2D eigenvalue weighted by Crippen LogP contribution is 2.24. The molecule has 110 valence electrons. The van der Waals surface area contributed by atoms with Gasteiger partial charge in [0.25, 0.3) is 5.69 Å². The monoisotopic (exact) mass is 308 g/mol. The number of ether oxygens (including phenoxy) is 1. The SMILES string of the molecule is COc1ccnc(N(C)Cc2cc([N+](=O)[O-])ccc2Cl)n1. The third-order valence-corrected chi connectivity index (χ3v) is 3.18. The zero-order valence-corrected chi connectivity index (χ0v) is 12.2. The Morgan fingerprint density at radius 2 is 2.19 bits per heavy atom. The number of non-ortho nitro benzene ring substituents is 1. The summed E-state index contributed by atoms with van der Waals surface area (Å²) in [7, 11) is 3.29. The average molecular weight is 309 g/mol. The van der Waals surface area contributed by atoms with Gasteiger partial charge >= 0.3 is 0 Å². The lowest BCUT2D eigenvalue weighted by Crippen LogP contribution is -2.19. The third kappa shape index (κ3) is 3.57. The lowest BCUT2D eigenvalue weighted by molar-refractivity contribution is -0.384. The molecule has 1 heterocycles. The minimum atomic E-state index is -0.456. The van der Waals surface area contributed by atoms with E-state index in [9.17, 15) is 10.1 Å². The van der Waals surface area contributed by atoms with Gasteiger partial charge in [-0.25, -0.2) is 4.98 Å². The second-order valence-corrected chi connectivity index (χ2v) is 4.70. The second-order valence-electron chi connectivity index (χ2n) is 4.29. The van der Waals surface area contributed by atoms with Gasteiger partial charge in [0.2, 0.25) is 11.8 Å². The molecule has 1 aromatic carbocycles. The summed E-state index contributed by atoms with van der Waals surface area (Å²) >= 11 is 6.08. The predicted octanol–water partition coefficient (Wildman–Crippen LogP) is 2.68. The van der Waals surface area contributed by atoms with E-state index in [-0.39, 0.29) is 5.69 Å². The highest BCUT2D eigenvalue weighted by Gasteiger charge is 2.13. The molecule has 1 aromatic heterocycles. The Hall–Kier alpha value is -2.41. The van der Waals surface area contributed by atoms with Crippen LogP contribution in [0.15, 0.2) is 30.5 Å². The maximum absolute atomic E-state index is 10.8. The molecule has 0 fully saturated rings. The number of halogens is 1. The molecule has 0 atom stereocenters. The van der Waals surface area contributed by atoms with E-state index in [0.717, 1.165) is 0 Å². The third-order valence-electron chi connectivity index (χ3n) is 2.82. The first kappa shape index (κ1) is 15.0. The zero-order valence-electron chi connectivity index (χ0n) is 11.5. The van der Waals surface area contributed by atoms with Gasteiger partial charge in [-0.2, -0.15) is 4.98 Å². The van der Waals surface area contributed by atoms with Gasteiger partial charge in [0.15, 0.2) is 0 Å². The van der Waals surface area contributed by atoms with Crippen molar-refractivity contribution >= 4 is 23.2 Å². The fourth-order valence-corrected chi connectivity index (χ4v) is 1.93. The van der Waals surface area contributed by atoms with Crippen LogP contribution in [-0.2, 0) is 6.54 Å². The van der Waals surface area contributed by atoms with Crippen LogP contribution in [0.1, 0.15) is 5.56 Å². The van der Waals surface area contributed by atoms with Crippen molar-refractivity contribution in [2.24, 2.45) is 0 Å². The van der Waals surface area contributed by atoms with E-state index in [4.69, 9.17) is 16.3 Å². The highest BCUT2D eigenvalue weighted by molar-refractivity contribution is 6.31. The number of nitrogens with zero attached hydrogens (tertiary/aromatic N) is 4. The summed E-state index contributed by atoms with van der Waals surface area (Å²) in [5, 5.41) is 11.3. The molecule has 2 rings (SSSR count). The Balaban J connectivity index is 2.24. The van der Waals surface area contributed by atoms with E-state index < -0.39 is 4.92 Å². The van der Waals surface area contributed by atoms with Crippen LogP contribution in [-0.4, -0.2) is 29.0 Å². The van der Waals surface area contributed by atoms with Crippen molar-refractivity contribution in [3.63, 3.8) is 0 Å².